The number of alkyl halides is 4. The van der Waals surface area contributed by atoms with E-state index in [9.17, 15) is 0 Å². The van der Waals surface area contributed by atoms with Crippen molar-refractivity contribution in [3.05, 3.63) is 71.8 Å². The van der Waals surface area contributed by atoms with Crippen LogP contribution in [0, 0.1) is 0 Å². The van der Waals surface area contributed by atoms with Gasteiger partial charge in [0.05, 0.1) is 0 Å². The standard InChI is InChI=1S/C24H30Br2F2O/c1-3-19(25)15-21(27)23(17-11-7-5-8-12-17)29-24(18-13-9-6-10-14-18)22(28)16-20(26)4-2/h5-14,19-24H,3-4,15-16H2,1-2H3. The first-order valence-corrected chi connectivity index (χ1v) is 12.1. The molecule has 2 aromatic rings. The molecule has 2 aromatic carbocycles. The topological polar surface area (TPSA) is 9.23 Å². The molecule has 5 heteroatoms. The van der Waals surface area contributed by atoms with E-state index in [0.29, 0.717) is 12.8 Å². The lowest BCUT2D eigenvalue weighted by atomic mass is 9.97. The van der Waals surface area contributed by atoms with Gasteiger partial charge in [0.25, 0.3) is 0 Å². The van der Waals surface area contributed by atoms with E-state index in [0.717, 1.165) is 24.0 Å². The molecule has 29 heavy (non-hydrogen) atoms. The van der Waals surface area contributed by atoms with E-state index in [-0.39, 0.29) is 9.65 Å². The number of hydrogen-bond acceptors (Lipinski definition) is 1. The first kappa shape index (κ1) is 24.5. The highest BCUT2D eigenvalue weighted by Gasteiger charge is 2.33. The quantitative estimate of drug-likeness (QED) is 0.250. The molecule has 0 heterocycles. The van der Waals surface area contributed by atoms with Gasteiger partial charge < -0.3 is 4.74 Å². The lowest BCUT2D eigenvalue weighted by Crippen LogP contribution is -2.27. The van der Waals surface area contributed by atoms with Gasteiger partial charge in [-0.25, -0.2) is 8.78 Å². The summed E-state index contributed by atoms with van der Waals surface area (Å²) in [6.45, 7) is 4.02. The minimum atomic E-state index is -1.24. The Hall–Kier alpha value is -0.780. The van der Waals surface area contributed by atoms with Crippen LogP contribution in [0.1, 0.15) is 62.9 Å². The average molecular weight is 532 g/mol. The van der Waals surface area contributed by atoms with Gasteiger partial charge in [-0.2, -0.15) is 0 Å². The summed E-state index contributed by atoms with van der Waals surface area (Å²) in [6.07, 6.45) is -1.90. The monoisotopic (exact) mass is 530 g/mol. The highest BCUT2D eigenvalue weighted by atomic mass is 79.9. The largest absolute Gasteiger partial charge is 0.360 e. The Morgan fingerprint density at radius 1 is 0.690 bits per heavy atom. The van der Waals surface area contributed by atoms with Gasteiger partial charge in [-0.1, -0.05) is 106 Å². The van der Waals surface area contributed by atoms with Gasteiger partial charge in [-0.05, 0) is 36.8 Å². The van der Waals surface area contributed by atoms with Crippen molar-refractivity contribution in [2.24, 2.45) is 0 Å². The van der Waals surface area contributed by atoms with Crippen molar-refractivity contribution in [1.29, 1.82) is 0 Å². The Balaban J connectivity index is 2.33. The SMILES string of the molecule is CCC(Br)CC(F)C(OC(c1ccccc1)C(F)CC(Br)CC)c1ccccc1. The zero-order chi connectivity index (χ0) is 21.2. The number of ether oxygens (including phenoxy) is 1. The predicted octanol–water partition coefficient (Wildman–Crippen LogP) is 8.29. The maximum Gasteiger partial charge on any atom is 0.131 e. The van der Waals surface area contributed by atoms with E-state index < -0.39 is 24.6 Å². The average Bonchev–Trinajstić information content (AvgIpc) is 2.75. The second-order valence-corrected chi connectivity index (χ2v) is 9.90. The molecule has 2 rings (SSSR count). The van der Waals surface area contributed by atoms with E-state index in [4.69, 9.17) is 4.74 Å². The smallest absolute Gasteiger partial charge is 0.131 e. The van der Waals surface area contributed by atoms with Gasteiger partial charge in [0.15, 0.2) is 0 Å². The summed E-state index contributed by atoms with van der Waals surface area (Å²) >= 11 is 7.05. The second kappa shape index (κ2) is 12.8. The summed E-state index contributed by atoms with van der Waals surface area (Å²) < 4.78 is 37.0. The fraction of sp³-hybridized carbons (Fsp3) is 0.500. The van der Waals surface area contributed by atoms with Crippen LogP contribution >= 0.6 is 31.9 Å². The molecular formula is C24H30Br2F2O. The molecule has 0 fully saturated rings. The van der Waals surface area contributed by atoms with Gasteiger partial charge in [-0.3, -0.25) is 0 Å². The third-order valence-corrected chi connectivity index (χ3v) is 7.10. The fourth-order valence-electron chi connectivity index (χ4n) is 3.26. The molecule has 0 spiro atoms. The van der Waals surface area contributed by atoms with E-state index in [1.54, 1.807) is 0 Å². The summed E-state index contributed by atoms with van der Waals surface area (Å²) in [4.78, 5) is 0.103. The molecule has 0 aliphatic heterocycles. The van der Waals surface area contributed by atoms with Crippen molar-refractivity contribution >= 4 is 31.9 Å². The van der Waals surface area contributed by atoms with Crippen LogP contribution in [0.2, 0.25) is 0 Å². The minimum Gasteiger partial charge on any atom is -0.360 e. The third-order valence-electron chi connectivity index (χ3n) is 5.05. The molecule has 0 saturated carbocycles. The summed E-state index contributed by atoms with van der Waals surface area (Å²) in [5.41, 5.74) is 1.46. The van der Waals surface area contributed by atoms with E-state index in [1.165, 1.54) is 0 Å². The predicted molar refractivity (Wildman–Crippen MR) is 124 cm³/mol. The van der Waals surface area contributed by atoms with Crippen LogP contribution in [0.4, 0.5) is 8.78 Å². The first-order chi connectivity index (χ1) is 14.0. The van der Waals surface area contributed by atoms with Crippen LogP contribution in [-0.4, -0.2) is 22.0 Å². The molecule has 0 radical (unpaired) electrons. The molecule has 6 atom stereocenters. The number of benzene rings is 2. The molecule has 1 nitrogen and oxygen atoms in total. The Bertz CT molecular complexity index is 626. The molecular weight excluding hydrogens is 502 g/mol. The zero-order valence-electron chi connectivity index (χ0n) is 17.0. The number of halogens is 4. The van der Waals surface area contributed by atoms with E-state index in [2.05, 4.69) is 31.9 Å². The summed E-state index contributed by atoms with van der Waals surface area (Å²) in [5, 5.41) is 0. The van der Waals surface area contributed by atoms with Crippen LogP contribution in [0.15, 0.2) is 60.7 Å². The summed E-state index contributed by atoms with van der Waals surface area (Å²) in [5.74, 6) is 0. The Morgan fingerprint density at radius 3 is 1.34 bits per heavy atom. The first-order valence-electron chi connectivity index (χ1n) is 10.3. The van der Waals surface area contributed by atoms with Crippen molar-refractivity contribution in [3.63, 3.8) is 0 Å². The lowest BCUT2D eigenvalue weighted by molar-refractivity contribution is -0.0895. The third kappa shape index (κ3) is 7.76. The van der Waals surface area contributed by atoms with E-state index >= 15 is 8.78 Å². The molecule has 6 unspecified atom stereocenters. The van der Waals surface area contributed by atoms with Crippen molar-refractivity contribution in [3.8, 4) is 0 Å². The van der Waals surface area contributed by atoms with Crippen LogP contribution in [-0.2, 0) is 4.74 Å². The molecule has 0 amide bonds. The van der Waals surface area contributed by atoms with Gasteiger partial charge in [0, 0.05) is 9.65 Å². The van der Waals surface area contributed by atoms with Gasteiger partial charge in [0.2, 0.25) is 0 Å². The number of rotatable bonds is 12. The highest BCUT2D eigenvalue weighted by Crippen LogP contribution is 2.37. The van der Waals surface area contributed by atoms with Gasteiger partial charge in [0.1, 0.15) is 24.6 Å². The Kier molecular flexibility index (Phi) is 10.8. The van der Waals surface area contributed by atoms with Crippen molar-refractivity contribution in [2.75, 3.05) is 0 Å². The molecule has 0 aliphatic rings. The normalized spacial score (nSPS) is 17.9. The maximum atomic E-state index is 15.4. The van der Waals surface area contributed by atoms with E-state index in [1.807, 2.05) is 74.5 Å². The second-order valence-electron chi connectivity index (χ2n) is 7.31. The molecule has 0 N–H and O–H groups in total. The molecule has 0 aromatic heterocycles. The van der Waals surface area contributed by atoms with Crippen molar-refractivity contribution in [2.45, 2.75) is 73.7 Å². The summed E-state index contributed by atoms with van der Waals surface area (Å²) in [7, 11) is 0. The van der Waals surface area contributed by atoms with Gasteiger partial charge >= 0.3 is 0 Å². The van der Waals surface area contributed by atoms with Crippen LogP contribution in [0.3, 0.4) is 0 Å². The Morgan fingerprint density at radius 2 is 1.03 bits per heavy atom. The van der Waals surface area contributed by atoms with Crippen LogP contribution in [0.5, 0.6) is 0 Å². The zero-order valence-corrected chi connectivity index (χ0v) is 20.2. The molecule has 160 valence electrons. The highest BCUT2D eigenvalue weighted by molar-refractivity contribution is 9.09. The minimum absolute atomic E-state index is 0.0516. The molecule has 0 bridgehead atoms. The van der Waals surface area contributed by atoms with Crippen molar-refractivity contribution in [1.82, 2.24) is 0 Å². The Labute approximate surface area is 190 Å². The molecule has 0 aliphatic carbocycles. The molecule has 0 saturated heterocycles. The van der Waals surface area contributed by atoms with Crippen LogP contribution in [0.25, 0.3) is 0 Å². The van der Waals surface area contributed by atoms with Gasteiger partial charge in [-0.15, -0.1) is 0 Å². The lowest BCUT2D eigenvalue weighted by Gasteiger charge is -2.31. The fourth-order valence-corrected chi connectivity index (χ4v) is 3.97. The van der Waals surface area contributed by atoms with Crippen LogP contribution < -0.4 is 0 Å². The van der Waals surface area contributed by atoms with Crippen molar-refractivity contribution < 1.29 is 13.5 Å². The maximum absolute atomic E-state index is 15.4. The number of hydrogen-bond donors (Lipinski definition) is 0. The summed E-state index contributed by atoms with van der Waals surface area (Å²) in [6, 6.07) is 18.6.